The summed E-state index contributed by atoms with van der Waals surface area (Å²) in [5.74, 6) is 1.14. The molecular weight excluding hydrogens is 328 g/mol. The molecule has 0 aliphatic heterocycles. The topological polar surface area (TPSA) is 38.9 Å². The molecule has 3 nitrogen and oxygen atoms in total. The SMILES string of the molecule is Cc1nnc(-c2ccc(-c3cccc4c3sc3ccccc34)cc2)o1. The smallest absolute Gasteiger partial charge is 0.247 e. The number of benzene rings is 3. The Labute approximate surface area is 148 Å². The Kier molecular flexibility index (Phi) is 3.18. The van der Waals surface area contributed by atoms with Crippen LogP contribution in [0.2, 0.25) is 0 Å². The molecule has 0 saturated carbocycles. The largest absolute Gasteiger partial charge is 0.421 e. The minimum atomic E-state index is 0.559. The molecule has 0 radical (unpaired) electrons. The van der Waals surface area contributed by atoms with Gasteiger partial charge in [0.15, 0.2) is 0 Å². The second-order valence-corrected chi connectivity index (χ2v) is 7.04. The zero-order valence-electron chi connectivity index (χ0n) is 13.6. The van der Waals surface area contributed by atoms with Crippen LogP contribution in [0.4, 0.5) is 0 Å². The summed E-state index contributed by atoms with van der Waals surface area (Å²) in [7, 11) is 0. The highest BCUT2D eigenvalue weighted by atomic mass is 32.1. The Hall–Kier alpha value is -2.98. The van der Waals surface area contributed by atoms with Crippen LogP contribution in [0.5, 0.6) is 0 Å². The summed E-state index contributed by atoms with van der Waals surface area (Å²) in [5, 5.41) is 10.6. The van der Waals surface area contributed by atoms with Crippen LogP contribution in [-0.4, -0.2) is 10.2 Å². The lowest BCUT2D eigenvalue weighted by Gasteiger charge is -2.04. The molecule has 0 aliphatic rings. The van der Waals surface area contributed by atoms with E-state index in [9.17, 15) is 0 Å². The molecule has 4 heteroatoms. The van der Waals surface area contributed by atoms with Crippen molar-refractivity contribution in [1.29, 1.82) is 0 Å². The average Bonchev–Trinajstić information content (AvgIpc) is 3.25. The highest BCUT2D eigenvalue weighted by Crippen LogP contribution is 2.39. The van der Waals surface area contributed by atoms with Gasteiger partial charge < -0.3 is 4.42 Å². The summed E-state index contributed by atoms with van der Waals surface area (Å²) in [5.41, 5.74) is 3.39. The first-order valence-electron chi connectivity index (χ1n) is 8.11. The minimum Gasteiger partial charge on any atom is -0.421 e. The average molecular weight is 342 g/mol. The molecule has 0 unspecified atom stereocenters. The van der Waals surface area contributed by atoms with Gasteiger partial charge in [-0.1, -0.05) is 48.5 Å². The summed E-state index contributed by atoms with van der Waals surface area (Å²) in [6, 6.07) is 23.4. The van der Waals surface area contributed by atoms with Gasteiger partial charge in [0.05, 0.1) is 0 Å². The zero-order valence-corrected chi connectivity index (χ0v) is 14.4. The van der Waals surface area contributed by atoms with E-state index in [2.05, 4.69) is 64.8 Å². The normalized spacial score (nSPS) is 11.4. The maximum atomic E-state index is 5.51. The molecule has 0 N–H and O–H groups in total. The molecule has 0 aliphatic carbocycles. The van der Waals surface area contributed by atoms with Gasteiger partial charge in [-0.05, 0) is 29.3 Å². The van der Waals surface area contributed by atoms with E-state index in [0.29, 0.717) is 11.8 Å². The molecule has 5 rings (SSSR count). The third kappa shape index (κ3) is 2.34. The number of aromatic nitrogens is 2. The van der Waals surface area contributed by atoms with Gasteiger partial charge in [-0.25, -0.2) is 0 Å². The molecule has 25 heavy (non-hydrogen) atoms. The summed E-state index contributed by atoms with van der Waals surface area (Å²) < 4.78 is 8.15. The van der Waals surface area contributed by atoms with E-state index in [1.165, 1.54) is 31.3 Å². The molecule has 0 fully saturated rings. The van der Waals surface area contributed by atoms with Crippen LogP contribution in [-0.2, 0) is 0 Å². The van der Waals surface area contributed by atoms with Crippen LogP contribution in [0.15, 0.2) is 71.1 Å². The number of aryl methyl sites for hydroxylation is 1. The number of thiophene rings is 1. The first-order chi connectivity index (χ1) is 12.3. The van der Waals surface area contributed by atoms with Gasteiger partial charge in [0.1, 0.15) is 0 Å². The van der Waals surface area contributed by atoms with Crippen LogP contribution in [0.3, 0.4) is 0 Å². The van der Waals surface area contributed by atoms with Crippen molar-refractivity contribution in [3.05, 3.63) is 72.6 Å². The number of nitrogens with zero attached hydrogens (tertiary/aromatic N) is 2. The molecule has 2 aromatic heterocycles. The van der Waals surface area contributed by atoms with Gasteiger partial charge in [0.25, 0.3) is 0 Å². The van der Waals surface area contributed by atoms with E-state index in [1.807, 2.05) is 23.5 Å². The summed E-state index contributed by atoms with van der Waals surface area (Å²) >= 11 is 1.85. The zero-order chi connectivity index (χ0) is 16.8. The van der Waals surface area contributed by atoms with Crippen molar-refractivity contribution in [2.45, 2.75) is 6.92 Å². The number of hydrogen-bond acceptors (Lipinski definition) is 4. The molecule has 3 aromatic carbocycles. The van der Waals surface area contributed by atoms with Crippen LogP contribution in [0, 0.1) is 6.92 Å². The molecule has 5 aromatic rings. The molecule has 0 atom stereocenters. The lowest BCUT2D eigenvalue weighted by Crippen LogP contribution is -1.81. The van der Waals surface area contributed by atoms with Crippen molar-refractivity contribution >= 4 is 31.5 Å². The number of fused-ring (bicyclic) bond motifs is 3. The van der Waals surface area contributed by atoms with Crippen LogP contribution < -0.4 is 0 Å². The Morgan fingerprint density at radius 3 is 2.32 bits per heavy atom. The Morgan fingerprint density at radius 1 is 0.760 bits per heavy atom. The second-order valence-electron chi connectivity index (χ2n) is 5.98. The first-order valence-corrected chi connectivity index (χ1v) is 8.92. The van der Waals surface area contributed by atoms with Gasteiger partial charge in [0.2, 0.25) is 11.8 Å². The van der Waals surface area contributed by atoms with E-state index in [0.717, 1.165) is 5.56 Å². The van der Waals surface area contributed by atoms with Crippen LogP contribution in [0.25, 0.3) is 42.8 Å². The maximum absolute atomic E-state index is 5.51. The fourth-order valence-electron chi connectivity index (χ4n) is 3.18. The summed E-state index contributed by atoms with van der Waals surface area (Å²) in [6.45, 7) is 1.80. The molecular formula is C21H14N2OS. The molecule has 0 spiro atoms. The van der Waals surface area contributed by atoms with Gasteiger partial charge >= 0.3 is 0 Å². The van der Waals surface area contributed by atoms with Crippen molar-refractivity contribution in [1.82, 2.24) is 10.2 Å². The Bertz CT molecular complexity index is 1200. The predicted molar refractivity (Wildman–Crippen MR) is 103 cm³/mol. The van der Waals surface area contributed by atoms with Gasteiger partial charge in [-0.2, -0.15) is 0 Å². The van der Waals surface area contributed by atoms with Crippen molar-refractivity contribution in [3.63, 3.8) is 0 Å². The van der Waals surface area contributed by atoms with Crippen molar-refractivity contribution in [3.8, 4) is 22.6 Å². The highest BCUT2D eigenvalue weighted by Gasteiger charge is 2.11. The van der Waals surface area contributed by atoms with E-state index >= 15 is 0 Å². The monoisotopic (exact) mass is 342 g/mol. The standard InChI is InChI=1S/C21H14N2OS/c1-13-22-23-21(24-13)15-11-9-14(10-12-15)16-6-4-7-18-17-5-2-3-8-19(17)25-20(16)18/h2-12H,1H3. The molecule has 120 valence electrons. The van der Waals surface area contributed by atoms with Gasteiger partial charge in [-0.15, -0.1) is 21.5 Å². The van der Waals surface area contributed by atoms with Crippen molar-refractivity contribution in [2.24, 2.45) is 0 Å². The molecule has 0 bridgehead atoms. The van der Waals surface area contributed by atoms with E-state index in [1.54, 1.807) is 6.92 Å². The summed E-state index contributed by atoms with van der Waals surface area (Å²) in [4.78, 5) is 0. The summed E-state index contributed by atoms with van der Waals surface area (Å²) in [6.07, 6.45) is 0. The predicted octanol–water partition coefficient (Wildman–Crippen LogP) is 6.08. The third-order valence-corrected chi connectivity index (χ3v) is 5.59. The fourth-order valence-corrected chi connectivity index (χ4v) is 4.42. The lowest BCUT2D eigenvalue weighted by molar-refractivity contribution is 0.533. The van der Waals surface area contributed by atoms with Crippen molar-refractivity contribution in [2.75, 3.05) is 0 Å². The molecule has 0 saturated heterocycles. The van der Waals surface area contributed by atoms with E-state index < -0.39 is 0 Å². The number of rotatable bonds is 2. The highest BCUT2D eigenvalue weighted by molar-refractivity contribution is 7.26. The fraction of sp³-hybridized carbons (Fsp3) is 0.0476. The Morgan fingerprint density at radius 2 is 1.52 bits per heavy atom. The quantitative estimate of drug-likeness (QED) is 0.390. The van der Waals surface area contributed by atoms with Crippen molar-refractivity contribution < 1.29 is 4.42 Å². The van der Waals surface area contributed by atoms with E-state index in [-0.39, 0.29) is 0 Å². The lowest BCUT2D eigenvalue weighted by atomic mass is 10.0. The van der Waals surface area contributed by atoms with E-state index in [4.69, 9.17) is 4.42 Å². The van der Waals surface area contributed by atoms with Gasteiger partial charge in [0, 0.05) is 32.7 Å². The van der Waals surface area contributed by atoms with Crippen LogP contribution in [0.1, 0.15) is 5.89 Å². The molecule has 2 heterocycles. The third-order valence-electron chi connectivity index (χ3n) is 4.37. The Balaban J connectivity index is 1.65. The minimum absolute atomic E-state index is 0.559. The van der Waals surface area contributed by atoms with Gasteiger partial charge in [-0.3, -0.25) is 0 Å². The molecule has 0 amide bonds. The second kappa shape index (κ2) is 5.53. The van der Waals surface area contributed by atoms with Crippen LogP contribution >= 0.6 is 11.3 Å². The first kappa shape index (κ1) is 14.4. The maximum Gasteiger partial charge on any atom is 0.247 e. The number of hydrogen-bond donors (Lipinski definition) is 0.